The molecule has 1 heterocycles. The molecule has 0 radical (unpaired) electrons. The Balaban J connectivity index is 2.41. The Labute approximate surface area is 112 Å². The van der Waals surface area contributed by atoms with Gasteiger partial charge in [-0.25, -0.2) is 0 Å². The topological polar surface area (TPSA) is 79.6 Å². The molecule has 0 amide bonds. The normalized spacial score (nSPS) is 16.3. The van der Waals surface area contributed by atoms with Gasteiger partial charge < -0.3 is 9.31 Å². The number of hydrogen-bond donors (Lipinski definition) is 0. The molecule has 0 spiro atoms. The third kappa shape index (κ3) is 6.49. The third-order valence-electron chi connectivity index (χ3n) is 2.31. The number of likely N-dealkylation sites (N-methyl/N-ethyl adjacent to an activating group) is 1. The minimum absolute atomic E-state index is 0.0567. The van der Waals surface area contributed by atoms with Crippen LogP contribution in [0.2, 0.25) is 6.32 Å². The zero-order valence-electron chi connectivity index (χ0n) is 10.8. The number of carbonyl (C=O) groups is 2. The minimum atomic E-state index is -0.933. The molecule has 100 valence electrons. The van der Waals surface area contributed by atoms with E-state index in [1.807, 2.05) is 6.07 Å². The lowest BCUT2D eigenvalue weighted by atomic mass is 9.84. The second kappa shape index (κ2) is 8.18. The highest BCUT2D eigenvalue weighted by molar-refractivity contribution is 6.50. The van der Waals surface area contributed by atoms with Crippen molar-refractivity contribution in [3.63, 3.8) is 0 Å². The summed E-state index contributed by atoms with van der Waals surface area (Å²) in [5.41, 5.74) is 0. The van der Waals surface area contributed by atoms with Crippen LogP contribution >= 0.6 is 0 Å². The van der Waals surface area contributed by atoms with Gasteiger partial charge in [0.1, 0.15) is 0 Å². The van der Waals surface area contributed by atoms with Crippen LogP contribution in [0.1, 0.15) is 19.3 Å². The Hall–Kier alpha value is -1.99. The summed E-state index contributed by atoms with van der Waals surface area (Å²) in [6.45, 7) is 0.113. The Kier molecular flexibility index (Phi) is 6.49. The molecular formula is C12H15BN2O4. The van der Waals surface area contributed by atoms with Gasteiger partial charge in [-0.05, 0) is 13.5 Å². The predicted octanol–water partition coefficient (Wildman–Crippen LogP) is 0.204. The van der Waals surface area contributed by atoms with Gasteiger partial charge in [-0.15, -0.1) is 11.8 Å². The Morgan fingerprint density at radius 2 is 1.84 bits per heavy atom. The fourth-order valence-corrected chi connectivity index (χ4v) is 1.47. The van der Waals surface area contributed by atoms with Crippen molar-refractivity contribution in [2.24, 2.45) is 0 Å². The number of carbonyl (C=O) groups excluding carboxylic acids is 2. The van der Waals surface area contributed by atoms with Crippen LogP contribution in [0.25, 0.3) is 0 Å². The standard InChI is InChI=1S/C12H15BN2O4/c1-15-9-11(16)18-13(19-12(17)10-15)7-5-3-2-4-6-8-14/h2,4,6-7,9-10H2,1H3. The molecule has 1 saturated heterocycles. The van der Waals surface area contributed by atoms with Gasteiger partial charge >= 0.3 is 19.1 Å². The Morgan fingerprint density at radius 1 is 1.21 bits per heavy atom. The highest BCUT2D eigenvalue weighted by atomic mass is 16.6. The molecule has 6 nitrogen and oxygen atoms in total. The molecule has 1 fully saturated rings. The molecule has 0 atom stereocenters. The molecule has 1 aliphatic heterocycles. The lowest BCUT2D eigenvalue weighted by molar-refractivity contribution is -0.145. The quantitative estimate of drug-likeness (QED) is 0.410. The van der Waals surface area contributed by atoms with Crippen molar-refractivity contribution in [2.45, 2.75) is 25.6 Å². The zero-order chi connectivity index (χ0) is 14.1. The predicted molar refractivity (Wildman–Crippen MR) is 67.5 cm³/mol. The van der Waals surface area contributed by atoms with Crippen molar-refractivity contribution in [3.05, 3.63) is 0 Å². The van der Waals surface area contributed by atoms with E-state index in [-0.39, 0.29) is 19.4 Å². The summed E-state index contributed by atoms with van der Waals surface area (Å²) in [5.74, 6) is 4.76. The molecule has 19 heavy (non-hydrogen) atoms. The highest BCUT2D eigenvalue weighted by Crippen LogP contribution is 2.03. The molecule has 0 saturated carbocycles. The molecule has 0 aromatic carbocycles. The van der Waals surface area contributed by atoms with E-state index in [1.165, 1.54) is 4.90 Å². The molecule has 1 rings (SSSR count). The van der Waals surface area contributed by atoms with E-state index in [0.717, 1.165) is 0 Å². The van der Waals surface area contributed by atoms with E-state index < -0.39 is 19.1 Å². The van der Waals surface area contributed by atoms with Crippen molar-refractivity contribution in [1.82, 2.24) is 4.90 Å². The first kappa shape index (κ1) is 15.1. The van der Waals surface area contributed by atoms with Gasteiger partial charge in [0.25, 0.3) is 0 Å². The summed E-state index contributed by atoms with van der Waals surface area (Å²) in [6, 6.07) is 2.03. The Bertz CT molecular complexity index is 415. The zero-order valence-corrected chi connectivity index (χ0v) is 10.8. The van der Waals surface area contributed by atoms with Crippen molar-refractivity contribution in [3.8, 4) is 17.9 Å². The van der Waals surface area contributed by atoms with Gasteiger partial charge in [0.15, 0.2) is 0 Å². The number of unbranched alkanes of at least 4 members (excludes halogenated alkanes) is 2. The summed E-state index contributed by atoms with van der Waals surface area (Å²) in [6.07, 6.45) is 1.94. The highest BCUT2D eigenvalue weighted by Gasteiger charge is 2.30. The maximum atomic E-state index is 11.4. The minimum Gasteiger partial charge on any atom is -0.498 e. The first-order chi connectivity index (χ1) is 9.11. The summed E-state index contributed by atoms with van der Waals surface area (Å²) < 4.78 is 9.96. The molecule has 0 aliphatic carbocycles. The fraction of sp³-hybridized carbons (Fsp3) is 0.583. The molecule has 0 aromatic heterocycles. The van der Waals surface area contributed by atoms with Crippen LogP contribution in [-0.2, 0) is 18.9 Å². The average Bonchev–Trinajstić information content (AvgIpc) is 2.31. The van der Waals surface area contributed by atoms with Crippen LogP contribution in [0, 0.1) is 23.2 Å². The van der Waals surface area contributed by atoms with Crippen LogP contribution in [0.5, 0.6) is 0 Å². The van der Waals surface area contributed by atoms with E-state index in [0.29, 0.717) is 19.3 Å². The Morgan fingerprint density at radius 3 is 2.42 bits per heavy atom. The second-order valence-corrected chi connectivity index (χ2v) is 4.15. The number of nitrogens with zero attached hydrogens (tertiary/aromatic N) is 2. The van der Waals surface area contributed by atoms with Crippen molar-refractivity contribution in [2.75, 3.05) is 20.1 Å². The second-order valence-electron chi connectivity index (χ2n) is 4.15. The van der Waals surface area contributed by atoms with Gasteiger partial charge in [-0.1, -0.05) is 0 Å². The maximum Gasteiger partial charge on any atom is 0.611 e. The monoisotopic (exact) mass is 262 g/mol. The molecule has 7 heteroatoms. The molecule has 0 N–H and O–H groups in total. The van der Waals surface area contributed by atoms with Gasteiger partial charge in [0.2, 0.25) is 0 Å². The van der Waals surface area contributed by atoms with Crippen LogP contribution in [0.4, 0.5) is 0 Å². The van der Waals surface area contributed by atoms with Gasteiger partial charge in [-0.3, -0.25) is 14.5 Å². The van der Waals surface area contributed by atoms with E-state index in [1.54, 1.807) is 7.05 Å². The molecule has 0 aromatic rings. The van der Waals surface area contributed by atoms with Crippen LogP contribution in [-0.4, -0.2) is 44.1 Å². The summed E-state index contributed by atoms with van der Waals surface area (Å²) in [5, 5.41) is 8.35. The maximum absolute atomic E-state index is 11.4. The molecule has 1 aliphatic rings. The van der Waals surface area contributed by atoms with Crippen molar-refractivity contribution >= 4 is 19.1 Å². The lowest BCUT2D eigenvalue weighted by Crippen LogP contribution is -2.42. The van der Waals surface area contributed by atoms with Crippen molar-refractivity contribution in [1.29, 1.82) is 5.26 Å². The summed E-state index contributed by atoms with van der Waals surface area (Å²) >= 11 is 0. The van der Waals surface area contributed by atoms with E-state index in [4.69, 9.17) is 14.6 Å². The number of nitriles is 1. The summed E-state index contributed by atoms with van der Waals surface area (Å²) in [7, 11) is 0.704. The van der Waals surface area contributed by atoms with E-state index >= 15 is 0 Å². The van der Waals surface area contributed by atoms with Crippen LogP contribution < -0.4 is 0 Å². The van der Waals surface area contributed by atoms with Gasteiger partial charge in [-0.2, -0.15) is 5.26 Å². The molecule has 0 bridgehead atoms. The third-order valence-corrected chi connectivity index (χ3v) is 2.31. The van der Waals surface area contributed by atoms with Gasteiger partial charge in [0.05, 0.1) is 25.5 Å². The van der Waals surface area contributed by atoms with Gasteiger partial charge in [0, 0.05) is 12.8 Å². The fourth-order valence-electron chi connectivity index (χ4n) is 1.47. The smallest absolute Gasteiger partial charge is 0.498 e. The molecule has 0 unspecified atom stereocenters. The SMILES string of the molecule is CN1CC(=O)OB(CC#CCCCC#N)OC(=O)C1. The average molecular weight is 262 g/mol. The first-order valence-corrected chi connectivity index (χ1v) is 6.02. The van der Waals surface area contributed by atoms with Crippen molar-refractivity contribution < 1.29 is 18.9 Å². The van der Waals surface area contributed by atoms with Crippen LogP contribution in [0.3, 0.4) is 0 Å². The molecular weight excluding hydrogens is 247 g/mol. The lowest BCUT2D eigenvalue weighted by Gasteiger charge is -2.21. The number of hydrogen-bond acceptors (Lipinski definition) is 6. The summed E-state index contributed by atoms with van der Waals surface area (Å²) in [4.78, 5) is 24.3. The van der Waals surface area contributed by atoms with E-state index in [9.17, 15) is 9.59 Å². The largest absolute Gasteiger partial charge is 0.611 e. The van der Waals surface area contributed by atoms with E-state index in [2.05, 4.69) is 11.8 Å². The first-order valence-electron chi connectivity index (χ1n) is 6.02. The van der Waals surface area contributed by atoms with Crippen LogP contribution in [0.15, 0.2) is 0 Å². The number of rotatable bonds is 3.